The van der Waals surface area contributed by atoms with Crippen molar-refractivity contribution in [2.45, 2.75) is 26.0 Å². The molecule has 0 aromatic heterocycles. The lowest BCUT2D eigenvalue weighted by Gasteiger charge is -2.22. The Morgan fingerprint density at radius 1 is 1.53 bits per heavy atom. The first-order valence-electron chi connectivity index (χ1n) is 4.95. The fraction of sp³-hybridized carbons (Fsp3) is 0.800. The SMILES string of the molecule is CC(S)C(=O)N1C[C@@H](C(=O)O)C(C)(C)C1. The van der Waals surface area contributed by atoms with Crippen molar-refractivity contribution in [3.8, 4) is 0 Å². The van der Waals surface area contributed by atoms with Crippen LogP contribution < -0.4 is 0 Å². The number of carboxylic acids is 1. The van der Waals surface area contributed by atoms with Crippen LogP contribution in [0.15, 0.2) is 0 Å². The third-order valence-corrected chi connectivity index (χ3v) is 3.13. The summed E-state index contributed by atoms with van der Waals surface area (Å²) in [6.07, 6.45) is 0. The molecule has 1 saturated heterocycles. The second-order valence-electron chi connectivity index (χ2n) is 4.77. The maximum Gasteiger partial charge on any atom is 0.308 e. The molecule has 0 radical (unpaired) electrons. The van der Waals surface area contributed by atoms with E-state index in [4.69, 9.17) is 5.11 Å². The summed E-state index contributed by atoms with van der Waals surface area (Å²) in [5, 5.41) is 8.66. The van der Waals surface area contributed by atoms with E-state index in [-0.39, 0.29) is 16.6 Å². The van der Waals surface area contributed by atoms with E-state index >= 15 is 0 Å². The number of likely N-dealkylation sites (tertiary alicyclic amines) is 1. The van der Waals surface area contributed by atoms with Crippen LogP contribution in [0.2, 0.25) is 0 Å². The van der Waals surface area contributed by atoms with E-state index in [0.29, 0.717) is 13.1 Å². The Balaban J connectivity index is 2.78. The van der Waals surface area contributed by atoms with E-state index in [0.717, 1.165) is 0 Å². The van der Waals surface area contributed by atoms with Gasteiger partial charge in [0.05, 0.1) is 11.2 Å². The smallest absolute Gasteiger partial charge is 0.308 e. The van der Waals surface area contributed by atoms with Crippen molar-refractivity contribution >= 4 is 24.5 Å². The van der Waals surface area contributed by atoms with Gasteiger partial charge in [-0.3, -0.25) is 9.59 Å². The first kappa shape index (κ1) is 12.4. The minimum atomic E-state index is -0.831. The van der Waals surface area contributed by atoms with Gasteiger partial charge in [0.2, 0.25) is 5.91 Å². The van der Waals surface area contributed by atoms with Gasteiger partial charge >= 0.3 is 5.97 Å². The quantitative estimate of drug-likeness (QED) is 0.693. The van der Waals surface area contributed by atoms with Gasteiger partial charge in [-0.2, -0.15) is 12.6 Å². The van der Waals surface area contributed by atoms with Crippen molar-refractivity contribution in [1.29, 1.82) is 0 Å². The normalized spacial score (nSPS) is 26.4. The van der Waals surface area contributed by atoms with Crippen LogP contribution in [0, 0.1) is 11.3 Å². The zero-order valence-corrected chi connectivity index (χ0v) is 10.1. The zero-order chi connectivity index (χ0) is 11.8. The summed E-state index contributed by atoms with van der Waals surface area (Å²) in [5.41, 5.74) is -0.357. The lowest BCUT2D eigenvalue weighted by atomic mass is 9.82. The molecule has 0 bridgehead atoms. The Morgan fingerprint density at radius 2 is 2.07 bits per heavy atom. The molecule has 15 heavy (non-hydrogen) atoms. The highest BCUT2D eigenvalue weighted by atomic mass is 32.1. The number of thiol groups is 1. The zero-order valence-electron chi connectivity index (χ0n) is 9.23. The molecule has 1 amide bonds. The Bertz CT molecular complexity index is 288. The summed E-state index contributed by atoms with van der Waals surface area (Å²) in [7, 11) is 0. The monoisotopic (exact) mass is 231 g/mol. The topological polar surface area (TPSA) is 57.6 Å². The molecule has 1 aliphatic heterocycles. The van der Waals surface area contributed by atoms with Crippen molar-refractivity contribution in [3.63, 3.8) is 0 Å². The van der Waals surface area contributed by atoms with Crippen LogP contribution >= 0.6 is 12.6 Å². The molecule has 1 fully saturated rings. The Morgan fingerprint density at radius 3 is 2.40 bits per heavy atom. The van der Waals surface area contributed by atoms with Crippen LogP contribution in [0.1, 0.15) is 20.8 Å². The molecule has 1 rings (SSSR count). The van der Waals surface area contributed by atoms with Gasteiger partial charge in [0, 0.05) is 13.1 Å². The van der Waals surface area contributed by atoms with Gasteiger partial charge in [0.1, 0.15) is 0 Å². The molecule has 0 aromatic rings. The largest absolute Gasteiger partial charge is 0.481 e. The average molecular weight is 231 g/mol. The van der Waals surface area contributed by atoms with Crippen LogP contribution in [0.5, 0.6) is 0 Å². The number of amides is 1. The molecular formula is C10H17NO3S. The first-order chi connectivity index (χ1) is 6.75. The maximum absolute atomic E-state index is 11.7. The summed E-state index contributed by atoms with van der Waals surface area (Å²) in [6, 6.07) is 0. The fourth-order valence-corrected chi connectivity index (χ4v) is 2.14. The first-order valence-corrected chi connectivity index (χ1v) is 5.47. The van der Waals surface area contributed by atoms with E-state index in [2.05, 4.69) is 12.6 Å². The number of rotatable bonds is 2. The minimum absolute atomic E-state index is 0.0878. The number of hydrogen-bond donors (Lipinski definition) is 2. The molecule has 0 spiro atoms. The van der Waals surface area contributed by atoms with Crippen molar-refractivity contribution in [2.24, 2.45) is 11.3 Å². The molecule has 1 aliphatic rings. The van der Waals surface area contributed by atoms with Gasteiger partial charge in [-0.1, -0.05) is 13.8 Å². The molecular weight excluding hydrogens is 214 g/mol. The van der Waals surface area contributed by atoms with Crippen LogP contribution in [0.3, 0.4) is 0 Å². The van der Waals surface area contributed by atoms with Crippen LogP contribution in [-0.4, -0.2) is 40.2 Å². The predicted molar refractivity (Wildman–Crippen MR) is 59.9 cm³/mol. The highest BCUT2D eigenvalue weighted by Gasteiger charge is 2.45. The van der Waals surface area contributed by atoms with Gasteiger partial charge in [-0.05, 0) is 12.3 Å². The third kappa shape index (κ3) is 2.45. The van der Waals surface area contributed by atoms with Crippen molar-refractivity contribution in [3.05, 3.63) is 0 Å². The Hall–Kier alpha value is -0.710. The molecule has 1 heterocycles. The average Bonchev–Trinajstić information content (AvgIpc) is 2.39. The summed E-state index contributed by atoms with van der Waals surface area (Å²) in [6.45, 7) is 6.25. The molecule has 86 valence electrons. The highest BCUT2D eigenvalue weighted by Crippen LogP contribution is 2.35. The molecule has 0 saturated carbocycles. The van der Waals surface area contributed by atoms with E-state index in [1.54, 1.807) is 11.8 Å². The summed E-state index contributed by atoms with van der Waals surface area (Å²) < 4.78 is 0. The number of hydrogen-bond acceptors (Lipinski definition) is 3. The van der Waals surface area contributed by atoms with E-state index in [1.165, 1.54) is 0 Å². The van der Waals surface area contributed by atoms with Gasteiger partial charge < -0.3 is 10.0 Å². The molecule has 4 nitrogen and oxygen atoms in total. The van der Waals surface area contributed by atoms with Gasteiger partial charge in [-0.15, -0.1) is 0 Å². The van der Waals surface area contributed by atoms with E-state index in [9.17, 15) is 9.59 Å². The van der Waals surface area contributed by atoms with Gasteiger partial charge in [0.25, 0.3) is 0 Å². The van der Waals surface area contributed by atoms with Crippen LogP contribution in [0.25, 0.3) is 0 Å². The minimum Gasteiger partial charge on any atom is -0.481 e. The second kappa shape index (κ2) is 4.04. The van der Waals surface area contributed by atoms with Crippen LogP contribution in [0.4, 0.5) is 0 Å². The molecule has 2 atom stereocenters. The Kier molecular flexibility index (Phi) is 3.33. The van der Waals surface area contributed by atoms with Crippen LogP contribution in [-0.2, 0) is 9.59 Å². The standard InChI is InChI=1S/C10H17NO3S/c1-6(15)8(12)11-4-7(9(13)14)10(2,3)5-11/h6-7,15H,4-5H2,1-3H3,(H,13,14)/t6?,7-/m0/s1. The second-order valence-corrected chi connectivity index (χ2v) is 5.55. The van der Waals surface area contributed by atoms with Crippen molar-refractivity contribution in [1.82, 2.24) is 4.90 Å². The summed E-state index contributed by atoms with van der Waals surface area (Å²) >= 11 is 4.07. The number of carbonyl (C=O) groups excluding carboxylic acids is 1. The lowest BCUT2D eigenvalue weighted by Crippen LogP contribution is -2.34. The third-order valence-electron chi connectivity index (χ3n) is 2.91. The summed E-state index contributed by atoms with van der Waals surface area (Å²) in [5.74, 6) is -1.40. The van der Waals surface area contributed by atoms with Crippen molar-refractivity contribution in [2.75, 3.05) is 13.1 Å². The predicted octanol–water partition coefficient (Wildman–Crippen LogP) is 0.874. The number of nitrogens with zero attached hydrogens (tertiary/aromatic N) is 1. The number of aliphatic carboxylic acids is 1. The van der Waals surface area contributed by atoms with E-state index < -0.39 is 11.9 Å². The fourth-order valence-electron chi connectivity index (χ4n) is 1.98. The maximum atomic E-state index is 11.7. The summed E-state index contributed by atoms with van der Waals surface area (Å²) in [4.78, 5) is 24.2. The molecule has 5 heteroatoms. The lowest BCUT2D eigenvalue weighted by molar-refractivity contribution is -0.144. The van der Waals surface area contributed by atoms with Gasteiger partial charge in [-0.25, -0.2) is 0 Å². The van der Waals surface area contributed by atoms with Gasteiger partial charge in [0.15, 0.2) is 0 Å². The molecule has 0 aliphatic carbocycles. The molecule has 1 N–H and O–H groups in total. The molecule has 0 aromatic carbocycles. The number of carboxylic acid groups (broad SMARTS) is 1. The highest BCUT2D eigenvalue weighted by molar-refractivity contribution is 7.81. The van der Waals surface area contributed by atoms with E-state index in [1.807, 2.05) is 13.8 Å². The van der Waals surface area contributed by atoms with Crippen molar-refractivity contribution < 1.29 is 14.7 Å². The number of carbonyl (C=O) groups is 2. The molecule has 1 unspecified atom stereocenters. The Labute approximate surface area is 95.1 Å².